The summed E-state index contributed by atoms with van der Waals surface area (Å²) in [6, 6.07) is 3.09. The number of piperidine rings is 1. The van der Waals surface area contributed by atoms with Crippen molar-refractivity contribution in [3.63, 3.8) is 0 Å². The largest absolute Gasteiger partial charge is 0.357 e. The summed E-state index contributed by atoms with van der Waals surface area (Å²) in [4.78, 5) is 6.79. The van der Waals surface area contributed by atoms with Gasteiger partial charge < -0.3 is 10.2 Å². The zero-order valence-corrected chi connectivity index (χ0v) is 19.2. The molecule has 1 aromatic rings. The summed E-state index contributed by atoms with van der Waals surface area (Å²) >= 11 is 6.84. The zero-order chi connectivity index (χ0) is 17.6. The van der Waals surface area contributed by atoms with Gasteiger partial charge in [-0.05, 0) is 37.8 Å². The highest BCUT2D eigenvalue weighted by Gasteiger charge is 2.19. The number of aliphatic imine (C=N–C) groups is 1. The summed E-state index contributed by atoms with van der Waals surface area (Å²) in [7, 11) is -3.50. The number of likely N-dealkylation sites (tertiary alicyclic amines) is 1. The van der Waals surface area contributed by atoms with Crippen molar-refractivity contribution < 1.29 is 8.42 Å². The molecular weight excluding hydrogens is 495 g/mol. The van der Waals surface area contributed by atoms with Crippen LogP contribution in [-0.4, -0.2) is 52.0 Å². The maximum absolute atomic E-state index is 12.1. The van der Waals surface area contributed by atoms with Crippen molar-refractivity contribution >= 4 is 62.9 Å². The lowest BCUT2D eigenvalue weighted by molar-refractivity contribution is 0.273. The Morgan fingerprint density at radius 3 is 2.64 bits per heavy atom. The van der Waals surface area contributed by atoms with Crippen LogP contribution in [0.25, 0.3) is 0 Å². The van der Waals surface area contributed by atoms with E-state index in [2.05, 4.69) is 26.9 Å². The van der Waals surface area contributed by atoms with Gasteiger partial charge in [-0.2, -0.15) is 0 Å². The lowest BCUT2D eigenvalue weighted by Gasteiger charge is -2.33. The molecule has 1 aliphatic heterocycles. The molecule has 1 aliphatic rings. The Kier molecular flexibility index (Phi) is 10.0. The molecule has 0 aliphatic carbocycles. The van der Waals surface area contributed by atoms with Crippen LogP contribution in [0.3, 0.4) is 0 Å². The van der Waals surface area contributed by atoms with Gasteiger partial charge in [0.1, 0.15) is 4.21 Å². The average molecular weight is 521 g/mol. The van der Waals surface area contributed by atoms with Gasteiger partial charge in [-0.3, -0.25) is 4.99 Å². The van der Waals surface area contributed by atoms with Gasteiger partial charge in [-0.1, -0.05) is 18.5 Å². The number of hydrogen-bond donors (Lipinski definition) is 2. The Labute approximate surface area is 176 Å². The van der Waals surface area contributed by atoms with Gasteiger partial charge in [-0.25, -0.2) is 13.1 Å². The molecule has 0 unspecified atom stereocenters. The first-order valence-electron chi connectivity index (χ1n) is 8.20. The molecule has 0 bridgehead atoms. The fourth-order valence-electron chi connectivity index (χ4n) is 2.50. The van der Waals surface area contributed by atoms with E-state index in [1.807, 2.05) is 6.92 Å². The van der Waals surface area contributed by atoms with Gasteiger partial charge >= 0.3 is 0 Å². The predicted molar refractivity (Wildman–Crippen MR) is 116 cm³/mol. The van der Waals surface area contributed by atoms with E-state index in [4.69, 9.17) is 11.6 Å². The molecule has 144 valence electrons. The fourth-order valence-corrected chi connectivity index (χ4v) is 5.05. The van der Waals surface area contributed by atoms with E-state index in [0.29, 0.717) is 10.9 Å². The smallest absolute Gasteiger partial charge is 0.250 e. The Bertz CT molecular complexity index is 658. The van der Waals surface area contributed by atoms with E-state index in [1.165, 1.54) is 6.07 Å². The highest BCUT2D eigenvalue weighted by atomic mass is 127. The summed E-state index contributed by atoms with van der Waals surface area (Å²) in [5.41, 5.74) is 0. The second-order valence-corrected chi connectivity index (χ2v) is 9.57. The standard InChI is InChI=1S/C15H25ClN4O2S2.HI/c1-3-17-15(20-10-6-12(2)7-11-20)18-8-9-19-24(21,22)14-5-4-13(16)23-14;/h4-5,12,19H,3,6-11H2,1-2H3,(H,17,18);1H. The number of hydrogen-bond acceptors (Lipinski definition) is 4. The number of sulfonamides is 1. The molecule has 0 amide bonds. The third-order valence-corrected chi connectivity index (χ3v) is 7.08. The molecule has 1 aromatic heterocycles. The fraction of sp³-hybridized carbons (Fsp3) is 0.667. The lowest BCUT2D eigenvalue weighted by atomic mass is 10.00. The highest BCUT2D eigenvalue weighted by molar-refractivity contribution is 14.0. The van der Waals surface area contributed by atoms with Crippen molar-refractivity contribution in [2.45, 2.75) is 30.9 Å². The third-order valence-electron chi connectivity index (χ3n) is 3.90. The minimum Gasteiger partial charge on any atom is -0.357 e. The van der Waals surface area contributed by atoms with Crippen LogP contribution >= 0.6 is 46.9 Å². The average Bonchev–Trinajstić information content (AvgIpc) is 2.99. The van der Waals surface area contributed by atoms with Gasteiger partial charge in [-0.15, -0.1) is 35.3 Å². The van der Waals surface area contributed by atoms with Gasteiger partial charge in [0.15, 0.2) is 5.96 Å². The Morgan fingerprint density at radius 1 is 1.40 bits per heavy atom. The van der Waals surface area contributed by atoms with Gasteiger partial charge in [0.05, 0.1) is 10.9 Å². The molecule has 0 spiro atoms. The molecule has 2 rings (SSSR count). The summed E-state index contributed by atoms with van der Waals surface area (Å²) in [5.74, 6) is 1.62. The highest BCUT2D eigenvalue weighted by Crippen LogP contribution is 2.25. The maximum atomic E-state index is 12.1. The van der Waals surface area contributed by atoms with E-state index in [9.17, 15) is 8.42 Å². The van der Waals surface area contributed by atoms with Crippen molar-refractivity contribution in [1.82, 2.24) is 14.9 Å². The zero-order valence-electron chi connectivity index (χ0n) is 14.5. The molecule has 6 nitrogen and oxygen atoms in total. The number of nitrogens with one attached hydrogen (secondary N) is 2. The number of guanidine groups is 1. The topological polar surface area (TPSA) is 73.8 Å². The van der Waals surface area contributed by atoms with Gasteiger partial charge in [0.25, 0.3) is 0 Å². The van der Waals surface area contributed by atoms with Crippen molar-refractivity contribution in [3.05, 3.63) is 16.5 Å². The Balaban J connectivity index is 0.00000312. The molecule has 0 atom stereocenters. The molecule has 0 aromatic carbocycles. The van der Waals surface area contributed by atoms with Crippen molar-refractivity contribution in [2.24, 2.45) is 10.9 Å². The van der Waals surface area contributed by atoms with Crippen LogP contribution in [0.5, 0.6) is 0 Å². The predicted octanol–water partition coefficient (Wildman–Crippen LogP) is 3.00. The molecule has 10 heteroatoms. The first kappa shape index (κ1) is 22.9. The van der Waals surface area contributed by atoms with Crippen LogP contribution in [0.1, 0.15) is 26.7 Å². The number of nitrogens with zero attached hydrogens (tertiary/aromatic N) is 2. The van der Waals surface area contributed by atoms with Gasteiger partial charge in [0.2, 0.25) is 10.0 Å². The first-order chi connectivity index (χ1) is 11.4. The van der Waals surface area contributed by atoms with Crippen LogP contribution in [0, 0.1) is 5.92 Å². The number of rotatable bonds is 6. The van der Waals surface area contributed by atoms with Crippen molar-refractivity contribution in [3.8, 4) is 0 Å². The summed E-state index contributed by atoms with van der Waals surface area (Å²) in [5, 5.41) is 3.28. The van der Waals surface area contributed by atoms with Crippen molar-refractivity contribution in [1.29, 1.82) is 0 Å². The quantitative estimate of drug-likeness (QED) is 0.262. The van der Waals surface area contributed by atoms with Crippen LogP contribution in [0.2, 0.25) is 4.34 Å². The molecule has 0 radical (unpaired) electrons. The van der Waals surface area contributed by atoms with E-state index in [1.54, 1.807) is 6.07 Å². The second kappa shape index (κ2) is 10.9. The van der Waals surface area contributed by atoms with Crippen LogP contribution in [0.15, 0.2) is 21.3 Å². The minimum atomic E-state index is -3.50. The molecule has 2 heterocycles. The SMILES string of the molecule is CCNC(=NCCNS(=O)(=O)c1ccc(Cl)s1)N1CCC(C)CC1.I. The van der Waals surface area contributed by atoms with Crippen LogP contribution in [0.4, 0.5) is 0 Å². The van der Waals surface area contributed by atoms with E-state index >= 15 is 0 Å². The Morgan fingerprint density at radius 2 is 2.08 bits per heavy atom. The van der Waals surface area contributed by atoms with Crippen LogP contribution in [-0.2, 0) is 10.0 Å². The minimum absolute atomic E-state index is 0. The summed E-state index contributed by atoms with van der Waals surface area (Å²) in [6.07, 6.45) is 2.33. The Hall–Kier alpha value is -0.100. The number of halogens is 2. The third kappa shape index (κ3) is 7.20. The molecular formula is C15H26ClIN4O2S2. The molecule has 0 saturated carbocycles. The number of thiophene rings is 1. The van der Waals surface area contributed by atoms with E-state index in [-0.39, 0.29) is 34.7 Å². The molecule has 1 fully saturated rings. The lowest BCUT2D eigenvalue weighted by Crippen LogP contribution is -2.45. The second-order valence-electron chi connectivity index (χ2n) is 5.86. The first-order valence-corrected chi connectivity index (χ1v) is 10.9. The van der Waals surface area contributed by atoms with Crippen molar-refractivity contribution in [2.75, 3.05) is 32.7 Å². The normalized spacial score (nSPS) is 16.6. The molecule has 2 N–H and O–H groups in total. The van der Waals surface area contributed by atoms with Crippen LogP contribution < -0.4 is 10.0 Å². The summed E-state index contributed by atoms with van der Waals surface area (Å²) in [6.45, 7) is 7.74. The molecule has 1 saturated heterocycles. The maximum Gasteiger partial charge on any atom is 0.250 e. The van der Waals surface area contributed by atoms with E-state index < -0.39 is 10.0 Å². The van der Waals surface area contributed by atoms with Gasteiger partial charge in [0, 0.05) is 26.2 Å². The van der Waals surface area contributed by atoms with E-state index in [0.717, 1.165) is 55.7 Å². The molecule has 25 heavy (non-hydrogen) atoms. The summed E-state index contributed by atoms with van der Waals surface area (Å²) < 4.78 is 27.5. The monoisotopic (exact) mass is 520 g/mol.